The van der Waals surface area contributed by atoms with Crippen molar-refractivity contribution in [1.29, 1.82) is 0 Å². The number of nitrogens with two attached hydrogens (primary N) is 1. The van der Waals surface area contributed by atoms with E-state index in [0.29, 0.717) is 12.6 Å². The average Bonchev–Trinajstić information content (AvgIpc) is 2.87. The van der Waals surface area contributed by atoms with E-state index >= 15 is 0 Å². The van der Waals surface area contributed by atoms with Gasteiger partial charge in [-0.05, 0) is 55.9 Å². The Morgan fingerprint density at radius 2 is 2.16 bits per heavy atom. The molecule has 3 nitrogen and oxygen atoms in total. The van der Waals surface area contributed by atoms with Crippen molar-refractivity contribution in [1.82, 2.24) is 0 Å². The third-order valence-electron chi connectivity index (χ3n) is 3.67. The molecule has 1 aliphatic heterocycles. The molecular weight excluding hydrogens is 245 g/mol. The quantitative estimate of drug-likeness (QED) is 0.861. The van der Waals surface area contributed by atoms with Crippen molar-refractivity contribution in [2.45, 2.75) is 44.3 Å². The summed E-state index contributed by atoms with van der Waals surface area (Å²) in [5.74, 6) is 0.546. The van der Waals surface area contributed by atoms with Gasteiger partial charge in [0.05, 0.1) is 19.3 Å². The highest BCUT2D eigenvalue weighted by Gasteiger charge is 2.23. The minimum atomic E-state index is -0.212. The van der Waals surface area contributed by atoms with Gasteiger partial charge in [-0.3, -0.25) is 0 Å². The zero-order valence-corrected chi connectivity index (χ0v) is 11.4. The van der Waals surface area contributed by atoms with Crippen molar-refractivity contribution in [3.05, 3.63) is 29.6 Å². The molecule has 1 saturated heterocycles. The van der Waals surface area contributed by atoms with Crippen LogP contribution in [0.15, 0.2) is 18.2 Å². The van der Waals surface area contributed by atoms with Gasteiger partial charge in [0.15, 0.2) is 0 Å². The molecule has 1 aliphatic rings. The highest BCUT2D eigenvalue weighted by molar-refractivity contribution is 5.33. The standard InChI is InChI=1S/C15H22FNO2/c1-18-15-8-5-12(16)9-11(15)3-2-4-13-6-7-14(10-17)19-13/h5,8-9,13-14H,2-4,6-7,10,17H2,1H3/t13?,14-/m0/s1. The molecule has 19 heavy (non-hydrogen) atoms. The third kappa shape index (κ3) is 3.91. The molecule has 0 spiro atoms. The van der Waals surface area contributed by atoms with Crippen LogP contribution in [-0.4, -0.2) is 25.9 Å². The normalized spacial score (nSPS) is 22.7. The summed E-state index contributed by atoms with van der Waals surface area (Å²) >= 11 is 0. The monoisotopic (exact) mass is 267 g/mol. The molecule has 0 saturated carbocycles. The number of rotatable bonds is 6. The summed E-state index contributed by atoms with van der Waals surface area (Å²) in [6.45, 7) is 0.605. The molecular formula is C15H22FNO2. The number of ether oxygens (including phenoxy) is 2. The molecule has 2 rings (SSSR count). The van der Waals surface area contributed by atoms with Crippen LogP contribution in [0.2, 0.25) is 0 Å². The molecule has 1 aromatic rings. The van der Waals surface area contributed by atoms with Crippen LogP contribution in [0.5, 0.6) is 5.75 Å². The Bertz CT molecular complexity index is 411. The molecule has 0 aliphatic carbocycles. The zero-order valence-electron chi connectivity index (χ0n) is 11.4. The van der Waals surface area contributed by atoms with Crippen LogP contribution in [0.1, 0.15) is 31.2 Å². The summed E-state index contributed by atoms with van der Waals surface area (Å²) in [5.41, 5.74) is 6.51. The number of methoxy groups -OCH3 is 1. The fraction of sp³-hybridized carbons (Fsp3) is 0.600. The van der Waals surface area contributed by atoms with Gasteiger partial charge in [-0.2, -0.15) is 0 Å². The molecule has 4 heteroatoms. The number of halogens is 1. The lowest BCUT2D eigenvalue weighted by Crippen LogP contribution is -2.20. The molecule has 2 atom stereocenters. The van der Waals surface area contributed by atoms with Crippen molar-refractivity contribution in [3.63, 3.8) is 0 Å². The lowest BCUT2D eigenvalue weighted by atomic mass is 10.0. The molecule has 2 N–H and O–H groups in total. The fourth-order valence-corrected chi connectivity index (χ4v) is 2.63. The Morgan fingerprint density at radius 1 is 1.37 bits per heavy atom. The third-order valence-corrected chi connectivity index (χ3v) is 3.67. The predicted octanol–water partition coefficient (Wildman–Crippen LogP) is 2.66. The second-order valence-electron chi connectivity index (χ2n) is 5.04. The molecule has 1 heterocycles. The Hall–Kier alpha value is -1.13. The number of hydrogen-bond acceptors (Lipinski definition) is 3. The zero-order chi connectivity index (χ0) is 13.7. The predicted molar refractivity (Wildman–Crippen MR) is 72.8 cm³/mol. The lowest BCUT2D eigenvalue weighted by molar-refractivity contribution is 0.0445. The summed E-state index contributed by atoms with van der Waals surface area (Å²) in [7, 11) is 1.61. The van der Waals surface area contributed by atoms with Crippen LogP contribution in [-0.2, 0) is 11.2 Å². The first-order valence-corrected chi connectivity index (χ1v) is 6.91. The van der Waals surface area contributed by atoms with Gasteiger partial charge in [-0.1, -0.05) is 0 Å². The van der Waals surface area contributed by atoms with Gasteiger partial charge in [0, 0.05) is 6.54 Å². The summed E-state index contributed by atoms with van der Waals surface area (Å²) < 4.78 is 24.3. The largest absolute Gasteiger partial charge is 0.496 e. The van der Waals surface area contributed by atoms with Crippen LogP contribution >= 0.6 is 0 Å². The minimum Gasteiger partial charge on any atom is -0.496 e. The summed E-state index contributed by atoms with van der Waals surface area (Å²) in [4.78, 5) is 0. The highest BCUT2D eigenvalue weighted by Crippen LogP contribution is 2.25. The molecule has 1 aromatic carbocycles. The van der Waals surface area contributed by atoms with Crippen LogP contribution in [0.4, 0.5) is 4.39 Å². The maximum Gasteiger partial charge on any atom is 0.123 e. The van der Waals surface area contributed by atoms with Gasteiger partial charge >= 0.3 is 0 Å². The number of benzene rings is 1. The smallest absolute Gasteiger partial charge is 0.123 e. The fourth-order valence-electron chi connectivity index (χ4n) is 2.63. The van der Waals surface area contributed by atoms with Gasteiger partial charge in [-0.15, -0.1) is 0 Å². The molecule has 1 fully saturated rings. The van der Waals surface area contributed by atoms with Crippen molar-refractivity contribution >= 4 is 0 Å². The first kappa shape index (κ1) is 14.3. The van der Waals surface area contributed by atoms with Gasteiger partial charge in [0.1, 0.15) is 11.6 Å². The number of aryl methyl sites for hydroxylation is 1. The number of hydrogen-bond donors (Lipinski definition) is 1. The van der Waals surface area contributed by atoms with E-state index < -0.39 is 0 Å². The van der Waals surface area contributed by atoms with Crippen LogP contribution in [0.25, 0.3) is 0 Å². The van der Waals surface area contributed by atoms with Crippen molar-refractivity contribution in [2.75, 3.05) is 13.7 Å². The van der Waals surface area contributed by atoms with Gasteiger partial charge in [-0.25, -0.2) is 4.39 Å². The second-order valence-corrected chi connectivity index (χ2v) is 5.04. The van der Waals surface area contributed by atoms with Crippen molar-refractivity contribution < 1.29 is 13.9 Å². The van der Waals surface area contributed by atoms with E-state index in [1.807, 2.05) is 0 Å². The van der Waals surface area contributed by atoms with E-state index in [4.69, 9.17) is 15.2 Å². The molecule has 0 amide bonds. The maximum atomic E-state index is 13.2. The highest BCUT2D eigenvalue weighted by atomic mass is 19.1. The topological polar surface area (TPSA) is 44.5 Å². The van der Waals surface area contributed by atoms with E-state index in [-0.39, 0.29) is 11.9 Å². The summed E-state index contributed by atoms with van der Waals surface area (Å²) in [6.07, 6.45) is 5.47. The van der Waals surface area contributed by atoms with E-state index in [2.05, 4.69) is 0 Å². The summed E-state index contributed by atoms with van der Waals surface area (Å²) in [6, 6.07) is 4.66. The summed E-state index contributed by atoms with van der Waals surface area (Å²) in [5, 5.41) is 0. The van der Waals surface area contributed by atoms with Gasteiger partial charge < -0.3 is 15.2 Å². The Morgan fingerprint density at radius 3 is 2.84 bits per heavy atom. The molecule has 1 unspecified atom stereocenters. The molecule has 0 bridgehead atoms. The van der Waals surface area contributed by atoms with E-state index in [9.17, 15) is 4.39 Å². The van der Waals surface area contributed by atoms with Gasteiger partial charge in [0.25, 0.3) is 0 Å². The molecule has 0 radical (unpaired) electrons. The van der Waals surface area contributed by atoms with Crippen molar-refractivity contribution in [3.8, 4) is 5.75 Å². The minimum absolute atomic E-state index is 0.212. The van der Waals surface area contributed by atoms with Gasteiger partial charge in [0.2, 0.25) is 0 Å². The average molecular weight is 267 g/mol. The lowest BCUT2D eigenvalue weighted by Gasteiger charge is -2.13. The Kier molecular flexibility index (Phi) is 5.16. The van der Waals surface area contributed by atoms with E-state index in [1.54, 1.807) is 19.2 Å². The SMILES string of the molecule is COc1ccc(F)cc1CCCC1CC[C@@H](CN)O1. The van der Waals surface area contributed by atoms with Crippen LogP contribution in [0, 0.1) is 5.82 Å². The van der Waals surface area contributed by atoms with E-state index in [0.717, 1.165) is 43.4 Å². The second kappa shape index (κ2) is 6.87. The van der Waals surface area contributed by atoms with Crippen LogP contribution in [0.3, 0.4) is 0 Å². The first-order chi connectivity index (χ1) is 9.22. The molecule has 106 valence electrons. The van der Waals surface area contributed by atoms with Crippen LogP contribution < -0.4 is 10.5 Å². The maximum absolute atomic E-state index is 13.2. The Balaban J connectivity index is 1.81. The first-order valence-electron chi connectivity index (χ1n) is 6.91. The Labute approximate surface area is 113 Å². The molecule has 0 aromatic heterocycles. The van der Waals surface area contributed by atoms with Crippen molar-refractivity contribution in [2.24, 2.45) is 5.73 Å². The van der Waals surface area contributed by atoms with E-state index in [1.165, 1.54) is 6.07 Å².